The zero-order valence-corrected chi connectivity index (χ0v) is 24.3. The van der Waals surface area contributed by atoms with Crippen molar-refractivity contribution in [1.29, 1.82) is 0 Å². The number of hydrogen-bond donors (Lipinski definition) is 1. The van der Waals surface area contributed by atoms with Crippen molar-refractivity contribution in [2.45, 2.75) is 99.8 Å². The molecule has 0 saturated heterocycles. The van der Waals surface area contributed by atoms with Crippen LogP contribution in [0.4, 0.5) is 4.79 Å². The van der Waals surface area contributed by atoms with Crippen LogP contribution in [0.5, 0.6) is 11.5 Å². The molecule has 0 aromatic heterocycles. The Morgan fingerprint density at radius 1 is 0.868 bits per heavy atom. The molecule has 0 heterocycles. The minimum atomic E-state index is -1.05. The van der Waals surface area contributed by atoms with Crippen molar-refractivity contribution in [3.63, 3.8) is 0 Å². The van der Waals surface area contributed by atoms with Gasteiger partial charge in [-0.1, -0.05) is 13.0 Å². The number of ether oxygens (including phenoxy) is 5. The van der Waals surface area contributed by atoms with Gasteiger partial charge in [0, 0.05) is 0 Å². The van der Waals surface area contributed by atoms with Crippen molar-refractivity contribution < 1.29 is 42.9 Å². The van der Waals surface area contributed by atoms with Crippen LogP contribution in [0, 0.1) is 10.8 Å². The lowest BCUT2D eigenvalue weighted by Crippen LogP contribution is -2.36. The molecule has 0 aliphatic carbocycles. The molecule has 0 amide bonds. The summed E-state index contributed by atoms with van der Waals surface area (Å²) >= 11 is 0. The fourth-order valence-corrected chi connectivity index (χ4v) is 2.51. The van der Waals surface area contributed by atoms with Gasteiger partial charge in [-0.15, -0.1) is 0 Å². The van der Waals surface area contributed by atoms with Crippen LogP contribution in [0.3, 0.4) is 0 Å². The van der Waals surface area contributed by atoms with Crippen molar-refractivity contribution in [1.82, 2.24) is 0 Å². The van der Waals surface area contributed by atoms with Gasteiger partial charge >= 0.3 is 24.1 Å². The predicted octanol–water partition coefficient (Wildman–Crippen LogP) is 4.73. The smallest absolute Gasteiger partial charge is 0.461 e. The van der Waals surface area contributed by atoms with Gasteiger partial charge in [0.25, 0.3) is 0 Å². The summed E-state index contributed by atoms with van der Waals surface area (Å²) in [6.45, 7) is 17.0. The molecule has 1 aromatic rings. The summed E-state index contributed by atoms with van der Waals surface area (Å²) in [6.07, 6.45) is -0.938. The molecule has 214 valence electrons. The monoisotopic (exact) mass is 537 g/mol. The molecule has 38 heavy (non-hydrogen) atoms. The van der Waals surface area contributed by atoms with Gasteiger partial charge in [-0.05, 0) is 92.9 Å². The van der Waals surface area contributed by atoms with Gasteiger partial charge in [-0.25, -0.2) is 4.79 Å². The fraction of sp³-hybridized carbons (Fsp3) is 0.643. The highest BCUT2D eigenvalue weighted by atomic mass is 16.7. The van der Waals surface area contributed by atoms with E-state index in [9.17, 15) is 19.2 Å². The third-order valence-electron chi connectivity index (χ3n) is 5.37. The number of hydrogen-bond acceptors (Lipinski definition) is 10. The Balaban J connectivity index is 2.89. The number of carbonyl (C=O) groups is 4. The number of esters is 3. The molecule has 0 aliphatic heterocycles. The zero-order valence-electron chi connectivity index (χ0n) is 24.3. The lowest BCUT2D eigenvalue weighted by molar-refractivity contribution is -0.149. The van der Waals surface area contributed by atoms with Gasteiger partial charge < -0.3 is 29.4 Å². The number of rotatable bonds is 10. The highest BCUT2D eigenvalue weighted by molar-refractivity contribution is 5.81. The van der Waals surface area contributed by atoms with E-state index >= 15 is 0 Å². The third kappa shape index (κ3) is 11.1. The minimum Gasteiger partial charge on any atom is -0.461 e. The van der Waals surface area contributed by atoms with Gasteiger partial charge in [0.05, 0.1) is 10.8 Å². The van der Waals surface area contributed by atoms with Crippen molar-refractivity contribution in [2.24, 2.45) is 16.6 Å². The van der Waals surface area contributed by atoms with Crippen molar-refractivity contribution >= 4 is 24.1 Å². The Morgan fingerprint density at radius 3 is 1.89 bits per heavy atom. The molecule has 0 unspecified atom stereocenters. The maximum absolute atomic E-state index is 12.5. The Morgan fingerprint density at radius 2 is 1.39 bits per heavy atom. The highest BCUT2D eigenvalue weighted by Crippen LogP contribution is 2.33. The van der Waals surface area contributed by atoms with E-state index in [4.69, 9.17) is 29.4 Å². The average molecular weight is 538 g/mol. The number of carbonyl (C=O) groups excluding carboxylic acids is 4. The summed E-state index contributed by atoms with van der Waals surface area (Å²) < 4.78 is 26.5. The van der Waals surface area contributed by atoms with Crippen LogP contribution in [0.15, 0.2) is 18.2 Å². The zero-order chi connectivity index (χ0) is 29.5. The maximum Gasteiger partial charge on any atom is 0.509 e. The van der Waals surface area contributed by atoms with Gasteiger partial charge in [0.2, 0.25) is 0 Å². The molecule has 0 radical (unpaired) electrons. The van der Waals surface area contributed by atoms with Crippen molar-refractivity contribution in [3.05, 3.63) is 23.8 Å². The van der Waals surface area contributed by atoms with Crippen LogP contribution in [-0.2, 0) is 35.0 Å². The second-order valence-electron chi connectivity index (χ2n) is 11.9. The predicted molar refractivity (Wildman–Crippen MR) is 141 cm³/mol. The van der Waals surface area contributed by atoms with Crippen molar-refractivity contribution in [2.75, 3.05) is 6.61 Å². The Bertz CT molecular complexity index is 1000. The first-order valence-electron chi connectivity index (χ1n) is 12.6. The molecule has 10 heteroatoms. The maximum atomic E-state index is 12.5. The molecule has 0 bridgehead atoms. The standard InChI is InChI=1S/C28H43NO9/c1-11-28(9,10)38-25(33)35-17(2)16-34-22(30)19(29)14-18-12-13-20(36-23(31)26(3,4)5)21(15-18)37-24(32)27(6,7)8/h12-13,15,17,19H,11,14,16,29H2,1-10H3/t17-,19-/m0/s1. The minimum absolute atomic E-state index is 0.0381. The second kappa shape index (κ2) is 13.1. The molecule has 2 N–H and O–H groups in total. The van der Waals surface area contributed by atoms with E-state index in [1.807, 2.05) is 6.92 Å². The molecule has 10 nitrogen and oxygen atoms in total. The lowest BCUT2D eigenvalue weighted by atomic mass is 9.97. The lowest BCUT2D eigenvalue weighted by Gasteiger charge is -2.24. The first-order chi connectivity index (χ1) is 17.2. The Labute approximate surface area is 225 Å². The molecular weight excluding hydrogens is 494 g/mol. The molecule has 0 saturated carbocycles. The molecule has 1 aromatic carbocycles. The van der Waals surface area contributed by atoms with E-state index in [0.717, 1.165) is 0 Å². The van der Waals surface area contributed by atoms with E-state index in [0.29, 0.717) is 12.0 Å². The normalized spacial score (nSPS) is 13.7. The van der Waals surface area contributed by atoms with Gasteiger partial charge in [-0.2, -0.15) is 0 Å². The van der Waals surface area contributed by atoms with Crippen LogP contribution in [0.2, 0.25) is 0 Å². The molecular formula is C28H43NO9. The van der Waals surface area contributed by atoms with E-state index in [1.54, 1.807) is 68.4 Å². The van der Waals surface area contributed by atoms with Crippen LogP contribution in [0.25, 0.3) is 0 Å². The quantitative estimate of drug-likeness (QED) is 0.329. The van der Waals surface area contributed by atoms with Crippen LogP contribution < -0.4 is 15.2 Å². The van der Waals surface area contributed by atoms with E-state index < -0.39 is 52.6 Å². The SMILES string of the molecule is CCC(C)(C)OC(=O)O[C@@H](C)COC(=O)[C@@H](N)Cc1ccc(OC(=O)C(C)(C)C)c(OC(=O)C(C)(C)C)c1. The summed E-state index contributed by atoms with van der Waals surface area (Å²) in [6, 6.07) is 3.55. The third-order valence-corrected chi connectivity index (χ3v) is 5.37. The van der Waals surface area contributed by atoms with E-state index in [2.05, 4.69) is 0 Å². The summed E-state index contributed by atoms with van der Waals surface area (Å²) in [5.74, 6) is -1.62. The fourth-order valence-electron chi connectivity index (χ4n) is 2.51. The van der Waals surface area contributed by atoms with E-state index in [-0.39, 0.29) is 24.5 Å². The summed E-state index contributed by atoms with van der Waals surface area (Å²) in [4.78, 5) is 49.3. The van der Waals surface area contributed by atoms with Crippen LogP contribution in [-0.4, -0.2) is 48.4 Å². The van der Waals surface area contributed by atoms with Gasteiger partial charge in [0.1, 0.15) is 24.4 Å². The number of benzene rings is 1. The summed E-state index contributed by atoms with van der Waals surface area (Å²) in [5, 5.41) is 0. The van der Waals surface area contributed by atoms with Gasteiger partial charge in [0.15, 0.2) is 11.5 Å². The first kappa shape index (κ1) is 32.9. The van der Waals surface area contributed by atoms with Crippen LogP contribution in [0.1, 0.15) is 81.2 Å². The van der Waals surface area contributed by atoms with Crippen LogP contribution >= 0.6 is 0 Å². The Kier molecular flexibility index (Phi) is 11.3. The Hall–Kier alpha value is -3.14. The average Bonchev–Trinajstić information content (AvgIpc) is 2.77. The summed E-state index contributed by atoms with van der Waals surface area (Å²) in [7, 11) is 0. The molecule has 0 fully saturated rings. The molecule has 0 aliphatic rings. The van der Waals surface area contributed by atoms with Crippen molar-refractivity contribution in [3.8, 4) is 11.5 Å². The number of nitrogens with two attached hydrogens (primary N) is 1. The second-order valence-corrected chi connectivity index (χ2v) is 11.9. The largest absolute Gasteiger partial charge is 0.509 e. The first-order valence-corrected chi connectivity index (χ1v) is 12.6. The molecule has 0 spiro atoms. The molecule has 2 atom stereocenters. The topological polar surface area (TPSA) is 140 Å². The van der Waals surface area contributed by atoms with E-state index in [1.165, 1.54) is 12.1 Å². The summed E-state index contributed by atoms with van der Waals surface area (Å²) in [5.41, 5.74) is 4.33. The van der Waals surface area contributed by atoms with Gasteiger partial charge in [-0.3, -0.25) is 14.4 Å². The molecule has 1 rings (SSSR count). The highest BCUT2D eigenvalue weighted by Gasteiger charge is 2.29.